The third-order valence-corrected chi connectivity index (χ3v) is 4.63. The van der Waals surface area contributed by atoms with E-state index in [0.29, 0.717) is 12.4 Å². The summed E-state index contributed by atoms with van der Waals surface area (Å²) in [6, 6.07) is 1.93. The number of likely N-dealkylation sites (N-methyl/N-ethyl adjacent to an activating group) is 1. The number of hydrogen-bond donors (Lipinski definition) is 2. The van der Waals surface area contributed by atoms with Crippen molar-refractivity contribution in [3.63, 3.8) is 0 Å². The molecular weight excluding hydrogens is 345 g/mol. The van der Waals surface area contributed by atoms with E-state index in [2.05, 4.69) is 26.2 Å². The molecule has 120 valence electrons. The number of rotatable bonds is 4. The van der Waals surface area contributed by atoms with Gasteiger partial charge in [-0.3, -0.25) is 0 Å². The zero-order valence-electron chi connectivity index (χ0n) is 13.7. The van der Waals surface area contributed by atoms with Crippen LogP contribution in [0.1, 0.15) is 33.3 Å². The van der Waals surface area contributed by atoms with Gasteiger partial charge in [0, 0.05) is 22.8 Å². The van der Waals surface area contributed by atoms with Crippen molar-refractivity contribution >= 4 is 34.9 Å². The maximum atomic E-state index is 6.12. The molecule has 0 bridgehead atoms. The van der Waals surface area contributed by atoms with Crippen molar-refractivity contribution in [2.45, 2.75) is 38.9 Å². The van der Waals surface area contributed by atoms with Crippen LogP contribution in [-0.4, -0.2) is 36.9 Å². The largest absolute Gasteiger partial charge is 0.491 e. The summed E-state index contributed by atoms with van der Waals surface area (Å²) in [6.45, 7) is 8.80. The molecule has 0 atom stereocenters. The zero-order chi connectivity index (χ0) is 16.5. The molecule has 0 radical (unpaired) electrons. The fraction of sp³-hybridized carbons (Fsp3) is 0.533. The first-order chi connectivity index (χ1) is 10.2. The van der Waals surface area contributed by atoms with E-state index in [0.717, 1.165) is 15.5 Å². The van der Waals surface area contributed by atoms with Crippen LogP contribution in [0.3, 0.4) is 0 Å². The van der Waals surface area contributed by atoms with E-state index in [1.807, 2.05) is 46.9 Å². The summed E-state index contributed by atoms with van der Waals surface area (Å²) in [5.41, 5.74) is 7.04. The third kappa shape index (κ3) is 3.54. The number of pyridine rings is 1. The number of nitrogens with zero attached hydrogens (tertiary/aromatic N) is 1. The quantitative estimate of drug-likeness (QED) is 0.800. The molecule has 7 heteroatoms. The van der Waals surface area contributed by atoms with Gasteiger partial charge in [-0.15, -0.1) is 0 Å². The molecule has 1 aliphatic rings. The van der Waals surface area contributed by atoms with Crippen molar-refractivity contribution in [2.75, 3.05) is 19.3 Å². The predicted molar refractivity (Wildman–Crippen MR) is 94.3 cm³/mol. The Labute approximate surface area is 140 Å². The molecule has 0 amide bonds. The van der Waals surface area contributed by atoms with Crippen LogP contribution in [0.5, 0.6) is 0 Å². The number of nitrogen functional groups attached to an aromatic ring is 1. The molecule has 1 aromatic rings. The summed E-state index contributed by atoms with van der Waals surface area (Å²) in [5, 5.41) is 3.15. The Kier molecular flexibility index (Phi) is 5.01. The van der Waals surface area contributed by atoms with E-state index in [9.17, 15) is 0 Å². The molecule has 1 saturated heterocycles. The monoisotopic (exact) mass is 367 g/mol. The minimum Gasteiger partial charge on any atom is -0.400 e. The summed E-state index contributed by atoms with van der Waals surface area (Å²) in [7, 11) is 1.48. The standard InChI is InChI=1S/C15H23BBrN3O2/c1-14(2)15(3,4)22-16(21-14)11(8-19-5)6-10-7-12(17)9-20-13(10)18/h6-7,9,19H,8H2,1-5H3,(H2,18,20). The van der Waals surface area contributed by atoms with Gasteiger partial charge in [-0.05, 0) is 62.2 Å². The van der Waals surface area contributed by atoms with E-state index < -0.39 is 7.12 Å². The first kappa shape index (κ1) is 17.5. The summed E-state index contributed by atoms with van der Waals surface area (Å²) in [4.78, 5) is 4.16. The van der Waals surface area contributed by atoms with Gasteiger partial charge < -0.3 is 20.4 Å². The van der Waals surface area contributed by atoms with Gasteiger partial charge in [0.05, 0.1) is 11.2 Å². The topological polar surface area (TPSA) is 69.4 Å². The molecule has 0 aliphatic carbocycles. The van der Waals surface area contributed by atoms with Crippen LogP contribution < -0.4 is 11.1 Å². The van der Waals surface area contributed by atoms with Crippen LogP contribution in [0.2, 0.25) is 0 Å². The Balaban J connectivity index is 2.35. The fourth-order valence-corrected chi connectivity index (χ4v) is 2.53. The van der Waals surface area contributed by atoms with Crippen LogP contribution in [0.4, 0.5) is 5.82 Å². The molecule has 22 heavy (non-hydrogen) atoms. The summed E-state index contributed by atoms with van der Waals surface area (Å²) < 4.78 is 13.1. The summed E-state index contributed by atoms with van der Waals surface area (Å²) in [6.07, 6.45) is 3.66. The molecule has 1 aliphatic heterocycles. The summed E-state index contributed by atoms with van der Waals surface area (Å²) in [5.74, 6) is 0.480. The van der Waals surface area contributed by atoms with Crippen LogP contribution in [0.25, 0.3) is 6.08 Å². The molecule has 5 nitrogen and oxygen atoms in total. The molecule has 1 fully saturated rings. The van der Waals surface area contributed by atoms with Crippen molar-refractivity contribution in [2.24, 2.45) is 0 Å². The van der Waals surface area contributed by atoms with Crippen molar-refractivity contribution in [1.29, 1.82) is 0 Å². The Morgan fingerprint density at radius 1 is 1.36 bits per heavy atom. The van der Waals surface area contributed by atoms with E-state index >= 15 is 0 Å². The minimum absolute atomic E-state index is 0.369. The molecular formula is C15H23BBrN3O2. The number of anilines is 1. The lowest BCUT2D eigenvalue weighted by atomic mass is 9.77. The van der Waals surface area contributed by atoms with E-state index in [1.54, 1.807) is 6.20 Å². The highest BCUT2D eigenvalue weighted by Gasteiger charge is 2.52. The Bertz CT molecular complexity index is 574. The van der Waals surface area contributed by atoms with Gasteiger partial charge in [-0.1, -0.05) is 6.08 Å². The van der Waals surface area contributed by atoms with Gasteiger partial charge in [0.2, 0.25) is 0 Å². The smallest absolute Gasteiger partial charge is 0.400 e. The lowest BCUT2D eigenvalue weighted by molar-refractivity contribution is 0.00578. The first-order valence-electron chi connectivity index (χ1n) is 7.28. The second kappa shape index (κ2) is 6.32. The third-order valence-electron chi connectivity index (χ3n) is 4.19. The number of aromatic nitrogens is 1. The average molecular weight is 368 g/mol. The van der Waals surface area contributed by atoms with Gasteiger partial charge in [0.1, 0.15) is 5.82 Å². The van der Waals surface area contributed by atoms with Crippen molar-refractivity contribution in [3.8, 4) is 0 Å². The summed E-state index contributed by atoms with van der Waals surface area (Å²) >= 11 is 3.42. The van der Waals surface area contributed by atoms with Crippen LogP contribution in [0.15, 0.2) is 22.2 Å². The van der Waals surface area contributed by atoms with Gasteiger partial charge in [-0.25, -0.2) is 4.98 Å². The van der Waals surface area contributed by atoms with Crippen LogP contribution in [-0.2, 0) is 9.31 Å². The Hall–Kier alpha value is -0.885. The number of nitrogens with one attached hydrogen (secondary N) is 1. The average Bonchev–Trinajstić information content (AvgIpc) is 2.62. The zero-order valence-corrected chi connectivity index (χ0v) is 15.3. The van der Waals surface area contributed by atoms with Gasteiger partial charge in [0.25, 0.3) is 0 Å². The Morgan fingerprint density at radius 2 is 1.95 bits per heavy atom. The molecule has 2 heterocycles. The number of hydrogen-bond acceptors (Lipinski definition) is 5. The van der Waals surface area contributed by atoms with Crippen LogP contribution in [0, 0.1) is 0 Å². The maximum absolute atomic E-state index is 6.12. The van der Waals surface area contributed by atoms with E-state index in [1.165, 1.54) is 0 Å². The normalized spacial score (nSPS) is 20.5. The van der Waals surface area contributed by atoms with Crippen molar-refractivity contribution in [1.82, 2.24) is 10.3 Å². The SMILES string of the molecule is CNCC(=Cc1cc(Br)cnc1N)B1OC(C)(C)C(C)(C)O1. The molecule has 3 N–H and O–H groups in total. The number of nitrogens with two attached hydrogens (primary N) is 1. The lowest BCUT2D eigenvalue weighted by Crippen LogP contribution is -2.41. The second-order valence-electron chi connectivity index (χ2n) is 6.47. The number of halogens is 1. The predicted octanol–water partition coefficient (Wildman–Crippen LogP) is 2.66. The van der Waals surface area contributed by atoms with E-state index in [4.69, 9.17) is 15.0 Å². The van der Waals surface area contributed by atoms with Gasteiger partial charge in [-0.2, -0.15) is 0 Å². The molecule has 0 unspecified atom stereocenters. The highest BCUT2D eigenvalue weighted by molar-refractivity contribution is 9.10. The highest BCUT2D eigenvalue weighted by atomic mass is 79.9. The van der Waals surface area contributed by atoms with Gasteiger partial charge >= 0.3 is 7.12 Å². The van der Waals surface area contributed by atoms with Gasteiger partial charge in [0.15, 0.2) is 0 Å². The Morgan fingerprint density at radius 3 is 2.50 bits per heavy atom. The van der Waals surface area contributed by atoms with Crippen LogP contribution >= 0.6 is 15.9 Å². The second-order valence-corrected chi connectivity index (χ2v) is 7.38. The highest BCUT2D eigenvalue weighted by Crippen LogP contribution is 2.38. The maximum Gasteiger partial charge on any atom is 0.491 e. The molecule has 0 spiro atoms. The fourth-order valence-electron chi connectivity index (χ4n) is 2.18. The molecule has 2 rings (SSSR count). The van der Waals surface area contributed by atoms with E-state index in [-0.39, 0.29) is 11.2 Å². The lowest BCUT2D eigenvalue weighted by Gasteiger charge is -2.32. The van der Waals surface area contributed by atoms with Crippen molar-refractivity contribution in [3.05, 3.63) is 27.8 Å². The molecule has 0 saturated carbocycles. The molecule has 1 aromatic heterocycles. The minimum atomic E-state index is -0.407. The molecule has 0 aromatic carbocycles. The first-order valence-corrected chi connectivity index (χ1v) is 8.07. The van der Waals surface area contributed by atoms with Crippen molar-refractivity contribution < 1.29 is 9.31 Å².